The quantitative estimate of drug-likeness (QED) is 0.898. The van der Waals surface area contributed by atoms with Crippen LogP contribution in [0.25, 0.3) is 0 Å². The first kappa shape index (κ1) is 16.4. The van der Waals surface area contributed by atoms with Crippen LogP contribution in [0.3, 0.4) is 0 Å². The van der Waals surface area contributed by atoms with Crippen molar-refractivity contribution in [3.05, 3.63) is 41.4 Å². The first-order valence-corrected chi connectivity index (χ1v) is 9.99. The summed E-state index contributed by atoms with van der Waals surface area (Å²) < 4.78 is 33.7. The number of rotatable bonds is 5. The fraction of sp³-hybridized carbons (Fsp3) is 0.438. The molecular formula is C16H20N2O3S2. The van der Waals surface area contributed by atoms with Crippen molar-refractivity contribution in [2.24, 2.45) is 0 Å². The van der Waals surface area contributed by atoms with Crippen LogP contribution in [0.2, 0.25) is 0 Å². The third kappa shape index (κ3) is 4.31. The number of thiophene rings is 1. The Labute approximate surface area is 140 Å². The van der Waals surface area contributed by atoms with E-state index < -0.39 is 10.0 Å². The largest absolute Gasteiger partial charge is 0.474 e. The molecule has 124 valence electrons. The maximum absolute atomic E-state index is 12.3. The van der Waals surface area contributed by atoms with Crippen LogP contribution in [-0.4, -0.2) is 25.5 Å². The number of hydrogen-bond donors (Lipinski definition) is 1. The number of aryl methyl sites for hydroxylation is 1. The number of pyridine rings is 1. The molecule has 5 nitrogen and oxygen atoms in total. The molecule has 0 spiro atoms. The lowest BCUT2D eigenvalue weighted by molar-refractivity contribution is 0.138. The minimum Gasteiger partial charge on any atom is -0.474 e. The van der Waals surface area contributed by atoms with Crippen molar-refractivity contribution in [1.82, 2.24) is 9.71 Å². The fourth-order valence-corrected chi connectivity index (χ4v) is 5.33. The van der Waals surface area contributed by atoms with Gasteiger partial charge in [0.05, 0.1) is 0 Å². The molecule has 0 atom stereocenters. The van der Waals surface area contributed by atoms with Crippen molar-refractivity contribution in [2.75, 3.05) is 0 Å². The summed E-state index contributed by atoms with van der Waals surface area (Å²) in [6, 6.07) is 9.06. The fourth-order valence-electron chi connectivity index (χ4n) is 2.72. The number of ether oxygens (including phenoxy) is 1. The van der Waals surface area contributed by atoms with Gasteiger partial charge < -0.3 is 4.74 Å². The Kier molecular flexibility index (Phi) is 4.99. The van der Waals surface area contributed by atoms with E-state index in [1.807, 2.05) is 31.2 Å². The van der Waals surface area contributed by atoms with E-state index in [0.29, 0.717) is 10.1 Å². The Hall–Kier alpha value is -1.44. The summed E-state index contributed by atoms with van der Waals surface area (Å²) in [5.41, 5.74) is 0. The van der Waals surface area contributed by atoms with Crippen molar-refractivity contribution >= 4 is 21.4 Å². The molecule has 1 N–H and O–H groups in total. The number of hydrogen-bond acceptors (Lipinski definition) is 5. The van der Waals surface area contributed by atoms with E-state index in [2.05, 4.69) is 9.71 Å². The van der Waals surface area contributed by atoms with Crippen LogP contribution < -0.4 is 9.46 Å². The number of nitrogens with one attached hydrogen (secondary N) is 1. The molecule has 0 unspecified atom stereocenters. The Morgan fingerprint density at radius 2 is 1.96 bits per heavy atom. The SMILES string of the molecule is Cc1ccc(S(=O)(=O)NC2CCC(Oc3ccccn3)CC2)s1. The molecular weight excluding hydrogens is 332 g/mol. The van der Waals surface area contributed by atoms with Crippen LogP contribution in [-0.2, 0) is 10.0 Å². The molecule has 0 aromatic carbocycles. The van der Waals surface area contributed by atoms with Gasteiger partial charge in [-0.1, -0.05) is 6.07 Å². The summed E-state index contributed by atoms with van der Waals surface area (Å²) in [6.07, 6.45) is 5.02. The summed E-state index contributed by atoms with van der Waals surface area (Å²) in [5, 5.41) is 0. The zero-order valence-corrected chi connectivity index (χ0v) is 14.6. The van der Waals surface area contributed by atoms with E-state index in [0.717, 1.165) is 30.6 Å². The van der Waals surface area contributed by atoms with Crippen LogP contribution in [0.1, 0.15) is 30.6 Å². The molecule has 0 amide bonds. The van der Waals surface area contributed by atoms with Crippen LogP contribution in [0.5, 0.6) is 5.88 Å². The third-order valence-electron chi connectivity index (χ3n) is 3.90. The van der Waals surface area contributed by atoms with E-state index in [1.165, 1.54) is 11.3 Å². The van der Waals surface area contributed by atoms with E-state index in [1.54, 1.807) is 12.3 Å². The maximum Gasteiger partial charge on any atom is 0.250 e. The molecule has 2 aromatic heterocycles. The first-order valence-electron chi connectivity index (χ1n) is 7.69. The second-order valence-electron chi connectivity index (χ2n) is 5.75. The molecule has 0 bridgehead atoms. The number of nitrogens with zero attached hydrogens (tertiary/aromatic N) is 1. The van der Waals surface area contributed by atoms with Crippen molar-refractivity contribution in [2.45, 2.75) is 49.0 Å². The van der Waals surface area contributed by atoms with E-state index in [-0.39, 0.29) is 12.1 Å². The van der Waals surface area contributed by atoms with Gasteiger partial charge in [0.15, 0.2) is 0 Å². The van der Waals surface area contributed by atoms with Gasteiger partial charge >= 0.3 is 0 Å². The Balaban J connectivity index is 1.53. The molecule has 23 heavy (non-hydrogen) atoms. The standard InChI is InChI=1S/C16H20N2O3S2/c1-12-5-10-16(22-12)23(19,20)18-13-6-8-14(9-7-13)21-15-4-2-3-11-17-15/h2-5,10-11,13-14,18H,6-9H2,1H3. The summed E-state index contributed by atoms with van der Waals surface area (Å²) in [4.78, 5) is 5.16. The highest BCUT2D eigenvalue weighted by Crippen LogP contribution is 2.26. The van der Waals surface area contributed by atoms with E-state index >= 15 is 0 Å². The minimum absolute atomic E-state index is 0.0222. The summed E-state index contributed by atoms with van der Waals surface area (Å²) >= 11 is 1.30. The van der Waals surface area contributed by atoms with Gasteiger partial charge in [-0.3, -0.25) is 0 Å². The van der Waals surface area contributed by atoms with Crippen molar-refractivity contribution in [3.63, 3.8) is 0 Å². The van der Waals surface area contributed by atoms with Gasteiger partial charge in [-0.05, 0) is 50.8 Å². The third-order valence-corrected chi connectivity index (χ3v) is 6.91. The van der Waals surface area contributed by atoms with Crippen LogP contribution in [0, 0.1) is 6.92 Å². The normalized spacial score (nSPS) is 22.0. The van der Waals surface area contributed by atoms with Gasteiger partial charge in [0.25, 0.3) is 0 Å². The Morgan fingerprint density at radius 1 is 1.17 bits per heavy atom. The topological polar surface area (TPSA) is 68.3 Å². The van der Waals surface area contributed by atoms with Gasteiger partial charge in [-0.2, -0.15) is 0 Å². The van der Waals surface area contributed by atoms with Crippen molar-refractivity contribution in [3.8, 4) is 5.88 Å². The Bertz CT molecular complexity index is 736. The second-order valence-corrected chi connectivity index (χ2v) is 8.97. The summed E-state index contributed by atoms with van der Waals surface area (Å²) in [7, 11) is -3.40. The predicted octanol–water partition coefficient (Wildman–Crippen LogP) is 3.12. The number of sulfonamides is 1. The second kappa shape index (κ2) is 6.98. The lowest BCUT2D eigenvalue weighted by Gasteiger charge is -2.28. The average Bonchev–Trinajstić information content (AvgIpc) is 2.98. The van der Waals surface area contributed by atoms with Crippen molar-refractivity contribution in [1.29, 1.82) is 0 Å². The lowest BCUT2D eigenvalue weighted by Crippen LogP contribution is -2.39. The highest BCUT2D eigenvalue weighted by Gasteiger charge is 2.27. The summed E-state index contributed by atoms with van der Waals surface area (Å²) in [6.45, 7) is 1.91. The molecule has 3 rings (SSSR count). The molecule has 0 radical (unpaired) electrons. The first-order chi connectivity index (χ1) is 11.0. The monoisotopic (exact) mass is 352 g/mol. The predicted molar refractivity (Wildman–Crippen MR) is 90.3 cm³/mol. The zero-order chi connectivity index (χ0) is 16.3. The lowest BCUT2D eigenvalue weighted by atomic mass is 9.94. The molecule has 1 saturated carbocycles. The maximum atomic E-state index is 12.3. The van der Waals surface area contributed by atoms with Crippen LogP contribution in [0.15, 0.2) is 40.7 Å². The van der Waals surface area contributed by atoms with Gasteiger partial charge in [0.1, 0.15) is 10.3 Å². The van der Waals surface area contributed by atoms with Gasteiger partial charge in [0.2, 0.25) is 15.9 Å². The van der Waals surface area contributed by atoms with Crippen molar-refractivity contribution < 1.29 is 13.2 Å². The molecule has 1 fully saturated rings. The molecule has 0 saturated heterocycles. The number of aromatic nitrogens is 1. The highest BCUT2D eigenvalue weighted by molar-refractivity contribution is 7.91. The van der Waals surface area contributed by atoms with Crippen LogP contribution in [0.4, 0.5) is 0 Å². The van der Waals surface area contributed by atoms with Crippen LogP contribution >= 0.6 is 11.3 Å². The molecule has 2 heterocycles. The summed E-state index contributed by atoms with van der Waals surface area (Å²) in [5.74, 6) is 0.630. The van der Waals surface area contributed by atoms with E-state index in [4.69, 9.17) is 4.74 Å². The average molecular weight is 352 g/mol. The molecule has 7 heteroatoms. The molecule has 1 aliphatic carbocycles. The Morgan fingerprint density at radius 3 is 2.57 bits per heavy atom. The van der Waals surface area contributed by atoms with Gasteiger partial charge in [-0.15, -0.1) is 11.3 Å². The van der Waals surface area contributed by atoms with E-state index in [9.17, 15) is 8.42 Å². The van der Waals surface area contributed by atoms with Gasteiger partial charge in [-0.25, -0.2) is 18.1 Å². The van der Waals surface area contributed by atoms with Gasteiger partial charge in [0, 0.05) is 23.2 Å². The molecule has 0 aliphatic heterocycles. The zero-order valence-electron chi connectivity index (χ0n) is 12.9. The highest BCUT2D eigenvalue weighted by atomic mass is 32.2. The molecule has 1 aliphatic rings. The molecule has 2 aromatic rings. The minimum atomic E-state index is -3.40. The smallest absolute Gasteiger partial charge is 0.250 e.